The maximum Gasteiger partial charge on any atom is 0.227 e. The molecule has 1 N–H and O–H groups in total. The third-order valence-electron chi connectivity index (χ3n) is 16.6. The van der Waals surface area contributed by atoms with Gasteiger partial charge in [-0.2, -0.15) is 0 Å². The van der Waals surface area contributed by atoms with E-state index < -0.39 is 0 Å². The van der Waals surface area contributed by atoms with Crippen LogP contribution in [0.5, 0.6) is 0 Å². The van der Waals surface area contributed by atoms with Gasteiger partial charge in [-0.15, -0.1) is 11.3 Å². The Morgan fingerprint density at radius 3 is 2.06 bits per heavy atom. The molecule has 1 aliphatic heterocycles. The predicted molar refractivity (Wildman–Crippen MR) is 308 cm³/mol. The number of nitrogens with one attached hydrogen (secondary N) is 1. The van der Waals surface area contributed by atoms with Gasteiger partial charge in [-0.05, 0) is 141 Å². The maximum absolute atomic E-state index is 7.30. The Kier molecular flexibility index (Phi) is 8.96. The number of para-hydroxylation sites is 1. The number of oxazole rings is 1. The Bertz CT molecular complexity index is 4280. The average molecular weight is 956 g/mol. The summed E-state index contributed by atoms with van der Waals surface area (Å²) >= 11 is 1.92. The summed E-state index contributed by atoms with van der Waals surface area (Å²) in [5.74, 6) is 0.628. The summed E-state index contributed by atoms with van der Waals surface area (Å²) in [7, 11) is 0.696. The van der Waals surface area contributed by atoms with E-state index in [4.69, 9.17) is 13.8 Å². The fourth-order valence-electron chi connectivity index (χ4n) is 12.4. The van der Waals surface area contributed by atoms with E-state index in [1.807, 2.05) is 29.5 Å². The van der Waals surface area contributed by atoms with E-state index in [9.17, 15) is 0 Å². The van der Waals surface area contributed by atoms with Crippen molar-refractivity contribution in [2.24, 2.45) is 0 Å². The molecule has 0 saturated carbocycles. The van der Waals surface area contributed by atoms with Gasteiger partial charge in [0.15, 0.2) is 12.9 Å². The third kappa shape index (κ3) is 6.41. The first kappa shape index (κ1) is 43.7. The highest BCUT2D eigenvalue weighted by atomic mass is 32.1. The van der Waals surface area contributed by atoms with Crippen LogP contribution in [0.15, 0.2) is 142 Å². The number of hydrogen-bond acceptors (Lipinski definition) is 5. The lowest BCUT2D eigenvalue weighted by Crippen LogP contribution is -2.37. The minimum absolute atomic E-state index is 0.0387. The minimum Gasteiger partial charge on any atom is -0.455 e. The van der Waals surface area contributed by atoms with Crippen LogP contribution in [0.25, 0.3) is 103 Å². The number of hydrogen-bond donors (Lipinski definition) is 1. The van der Waals surface area contributed by atoms with E-state index >= 15 is 0 Å². The van der Waals surface area contributed by atoms with Gasteiger partial charge in [0.1, 0.15) is 16.7 Å². The Labute approximate surface area is 425 Å². The molecule has 0 atom stereocenters. The van der Waals surface area contributed by atoms with E-state index in [1.54, 1.807) is 0 Å². The highest BCUT2D eigenvalue weighted by Crippen LogP contribution is 2.52. The summed E-state index contributed by atoms with van der Waals surface area (Å²) in [5, 5.41) is 11.3. The van der Waals surface area contributed by atoms with E-state index in [-0.39, 0.29) is 21.7 Å². The standard InChI is InChI=1S/C65H58BN3O2S/c1-62(2,3)36-20-23-38(24-21-36)67-47-33-54-40(41-30-44-45(31-53(41)72-54)65(9,10)27-26-64(44,7)8)29-42(47)55-56-39-18-14-15-19-51(39)70-60(56)57-43-28-37(63(4,5)6)22-25-49(43)69-50-34-52-48(32-46(50)66-58(55)59(57)69)68-61(71-52)35-16-12-11-13-17-35/h11-25,28-34,66-67H,26-27H2,1-10H3. The lowest BCUT2D eigenvalue weighted by molar-refractivity contribution is 0.332. The van der Waals surface area contributed by atoms with Gasteiger partial charge in [0, 0.05) is 70.6 Å². The summed E-state index contributed by atoms with van der Waals surface area (Å²) < 4.78 is 19.1. The molecule has 0 radical (unpaired) electrons. The molecule has 354 valence electrons. The summed E-state index contributed by atoms with van der Waals surface area (Å²) in [4.78, 5) is 5.14. The zero-order valence-electron chi connectivity index (χ0n) is 42.9. The van der Waals surface area contributed by atoms with Crippen LogP contribution in [0.1, 0.15) is 104 Å². The minimum atomic E-state index is -0.0646. The molecule has 0 spiro atoms. The molecule has 0 bridgehead atoms. The number of thiophene rings is 1. The van der Waals surface area contributed by atoms with Gasteiger partial charge >= 0.3 is 0 Å². The van der Waals surface area contributed by atoms with Crippen LogP contribution in [0.4, 0.5) is 11.4 Å². The third-order valence-corrected chi connectivity index (χ3v) is 17.7. The fourth-order valence-corrected chi connectivity index (χ4v) is 13.5. The molecule has 4 aromatic heterocycles. The summed E-state index contributed by atoms with van der Waals surface area (Å²) in [6, 6.07) is 49.6. The number of rotatable bonds is 4. The topological polar surface area (TPSA) is 56.1 Å². The Hall–Kier alpha value is -7.09. The Morgan fingerprint density at radius 2 is 1.31 bits per heavy atom. The first-order chi connectivity index (χ1) is 34.4. The molecule has 0 fully saturated rings. The van der Waals surface area contributed by atoms with Crippen molar-refractivity contribution in [3.05, 3.63) is 156 Å². The molecule has 8 aromatic carbocycles. The first-order valence-corrected chi connectivity index (χ1v) is 26.6. The molecule has 0 saturated heterocycles. The molecule has 5 nitrogen and oxygen atoms in total. The largest absolute Gasteiger partial charge is 0.455 e. The van der Waals surface area contributed by atoms with Gasteiger partial charge in [-0.1, -0.05) is 129 Å². The summed E-state index contributed by atoms with van der Waals surface area (Å²) in [6.07, 6.45) is 2.35. The van der Waals surface area contributed by atoms with E-state index in [2.05, 4.69) is 194 Å². The zero-order chi connectivity index (χ0) is 49.4. The quantitative estimate of drug-likeness (QED) is 0.179. The molecule has 1 aliphatic carbocycles. The van der Waals surface area contributed by atoms with Crippen LogP contribution in [-0.4, -0.2) is 16.8 Å². The lowest BCUT2D eigenvalue weighted by Gasteiger charge is -2.41. The Balaban J connectivity index is 1.13. The van der Waals surface area contributed by atoms with Crippen molar-refractivity contribution in [2.75, 3.05) is 5.32 Å². The van der Waals surface area contributed by atoms with Gasteiger partial charge in [0.2, 0.25) is 5.89 Å². The number of fused-ring (bicyclic) bond motifs is 14. The van der Waals surface area contributed by atoms with Crippen molar-refractivity contribution in [3.63, 3.8) is 0 Å². The van der Waals surface area contributed by atoms with Gasteiger partial charge in [0.05, 0.1) is 16.4 Å². The van der Waals surface area contributed by atoms with Crippen molar-refractivity contribution in [1.29, 1.82) is 0 Å². The van der Waals surface area contributed by atoms with Crippen LogP contribution in [0, 0.1) is 0 Å². The molecule has 2 aliphatic rings. The second kappa shape index (κ2) is 14.8. The van der Waals surface area contributed by atoms with Crippen molar-refractivity contribution in [1.82, 2.24) is 9.55 Å². The molecular weight excluding hydrogens is 898 g/mol. The highest BCUT2D eigenvalue weighted by Gasteiger charge is 2.38. The van der Waals surface area contributed by atoms with Crippen molar-refractivity contribution in [2.45, 2.75) is 104 Å². The number of furan rings is 1. The molecule has 5 heterocycles. The van der Waals surface area contributed by atoms with Crippen molar-refractivity contribution >= 4 is 116 Å². The maximum atomic E-state index is 7.30. The number of aromatic nitrogens is 2. The Morgan fingerprint density at radius 1 is 0.625 bits per heavy atom. The predicted octanol–water partition coefficient (Wildman–Crippen LogP) is 16.9. The smallest absolute Gasteiger partial charge is 0.227 e. The van der Waals surface area contributed by atoms with Crippen molar-refractivity contribution in [3.8, 4) is 28.3 Å². The van der Waals surface area contributed by atoms with Crippen LogP contribution in [-0.2, 0) is 21.7 Å². The second-order valence-electron chi connectivity index (χ2n) is 24.3. The normalized spacial score (nSPS) is 15.3. The second-order valence-corrected chi connectivity index (χ2v) is 25.4. The van der Waals surface area contributed by atoms with E-state index in [1.165, 1.54) is 82.7 Å². The van der Waals surface area contributed by atoms with Gasteiger partial charge in [-0.3, -0.25) is 0 Å². The molecule has 7 heteroatoms. The van der Waals surface area contributed by atoms with Gasteiger partial charge in [0.25, 0.3) is 0 Å². The van der Waals surface area contributed by atoms with E-state index in [0.29, 0.717) is 13.2 Å². The average Bonchev–Trinajstić information content (AvgIpc) is 4.12. The molecule has 12 aromatic rings. The number of nitrogens with zero attached hydrogens (tertiary/aromatic N) is 2. The van der Waals surface area contributed by atoms with E-state index in [0.717, 1.165) is 72.1 Å². The van der Waals surface area contributed by atoms with Crippen LogP contribution < -0.4 is 16.2 Å². The van der Waals surface area contributed by atoms with Crippen LogP contribution >= 0.6 is 11.3 Å². The zero-order valence-corrected chi connectivity index (χ0v) is 43.8. The lowest BCUT2D eigenvalue weighted by atomic mass is 9.58. The number of anilines is 2. The molecule has 14 rings (SSSR count). The summed E-state index contributed by atoms with van der Waals surface area (Å²) in [5.41, 5.74) is 20.6. The monoisotopic (exact) mass is 955 g/mol. The van der Waals surface area contributed by atoms with Crippen LogP contribution in [0.2, 0.25) is 0 Å². The van der Waals surface area contributed by atoms with Gasteiger partial charge in [-0.25, -0.2) is 4.98 Å². The summed E-state index contributed by atoms with van der Waals surface area (Å²) in [6.45, 7) is 23.5. The molecule has 0 amide bonds. The molecule has 72 heavy (non-hydrogen) atoms. The first-order valence-electron chi connectivity index (χ1n) is 25.8. The highest BCUT2D eigenvalue weighted by molar-refractivity contribution is 7.25. The van der Waals surface area contributed by atoms with Gasteiger partial charge < -0.3 is 18.7 Å². The molecule has 0 unspecified atom stereocenters. The molecular formula is C65H58BN3O2S. The fraction of sp³-hybridized carbons (Fsp3) is 0.246. The number of benzene rings is 8. The van der Waals surface area contributed by atoms with Crippen molar-refractivity contribution < 1.29 is 8.83 Å². The van der Waals surface area contributed by atoms with Crippen LogP contribution in [0.3, 0.4) is 0 Å². The SMILES string of the molecule is CC(C)(C)c1ccc(Nc2cc3sc4cc5c(cc4c3cc2-c2c3c4c(c6cc(C(C)(C)C)ccc6n4-c4cc6oc(-c7ccccc7)nc6cc4B3)c3oc4ccccc4c23)C(C)(C)CCC5(C)C)cc1.